The summed E-state index contributed by atoms with van der Waals surface area (Å²) in [5, 5.41) is 3.33. The molecule has 2 rings (SSSR count). The lowest BCUT2D eigenvalue weighted by Crippen LogP contribution is -1.83. The monoisotopic (exact) mass is 182 g/mol. The Kier molecular flexibility index (Phi) is 1.77. The van der Waals surface area contributed by atoms with Gasteiger partial charge < -0.3 is 4.52 Å². The SMILES string of the molecule is Fc1cc(F)cc(-c2ncno2)c1. The van der Waals surface area contributed by atoms with Gasteiger partial charge in [0.05, 0.1) is 0 Å². The zero-order valence-electron chi connectivity index (χ0n) is 6.37. The number of nitrogens with zero attached hydrogens (tertiary/aromatic N) is 2. The Labute approximate surface area is 72.0 Å². The normalized spacial score (nSPS) is 10.3. The second-order valence-corrected chi connectivity index (χ2v) is 2.40. The van der Waals surface area contributed by atoms with E-state index in [1.54, 1.807) is 0 Å². The Hall–Kier alpha value is -1.78. The molecular weight excluding hydrogens is 178 g/mol. The highest BCUT2D eigenvalue weighted by Gasteiger charge is 2.06. The van der Waals surface area contributed by atoms with Crippen molar-refractivity contribution in [1.82, 2.24) is 10.1 Å². The lowest BCUT2D eigenvalue weighted by Gasteiger charge is -1.94. The Balaban J connectivity index is 2.53. The molecule has 66 valence electrons. The van der Waals surface area contributed by atoms with Crippen LogP contribution in [0.25, 0.3) is 11.5 Å². The smallest absolute Gasteiger partial charge is 0.257 e. The predicted molar refractivity (Wildman–Crippen MR) is 39.7 cm³/mol. The van der Waals surface area contributed by atoms with Crippen molar-refractivity contribution in [1.29, 1.82) is 0 Å². The topological polar surface area (TPSA) is 38.9 Å². The maximum absolute atomic E-state index is 12.7. The lowest BCUT2D eigenvalue weighted by atomic mass is 10.2. The van der Waals surface area contributed by atoms with Crippen LogP contribution in [0.1, 0.15) is 0 Å². The number of hydrogen-bond acceptors (Lipinski definition) is 3. The van der Waals surface area contributed by atoms with Crippen LogP contribution >= 0.6 is 0 Å². The number of rotatable bonds is 1. The highest BCUT2D eigenvalue weighted by molar-refractivity contribution is 5.52. The van der Waals surface area contributed by atoms with Gasteiger partial charge in [-0.05, 0) is 12.1 Å². The van der Waals surface area contributed by atoms with Crippen molar-refractivity contribution in [2.45, 2.75) is 0 Å². The number of hydrogen-bond donors (Lipinski definition) is 0. The van der Waals surface area contributed by atoms with Crippen LogP contribution in [-0.4, -0.2) is 10.1 Å². The van der Waals surface area contributed by atoms with E-state index in [-0.39, 0.29) is 11.5 Å². The molecule has 0 amide bonds. The first kappa shape index (κ1) is 7.85. The third-order valence-corrected chi connectivity index (χ3v) is 1.47. The van der Waals surface area contributed by atoms with Gasteiger partial charge in [-0.25, -0.2) is 8.78 Å². The predicted octanol–water partition coefficient (Wildman–Crippen LogP) is 2.01. The Morgan fingerprint density at radius 1 is 1.08 bits per heavy atom. The molecular formula is C8H4F2N2O. The summed E-state index contributed by atoms with van der Waals surface area (Å²) in [4.78, 5) is 3.66. The number of halogens is 2. The maximum atomic E-state index is 12.7. The van der Waals surface area contributed by atoms with Crippen LogP contribution in [0.5, 0.6) is 0 Å². The third-order valence-electron chi connectivity index (χ3n) is 1.47. The molecule has 0 fully saturated rings. The molecule has 1 aromatic carbocycles. The Bertz CT molecular complexity index is 394. The highest BCUT2D eigenvalue weighted by atomic mass is 19.1. The summed E-state index contributed by atoms with van der Waals surface area (Å²) in [7, 11) is 0. The van der Waals surface area contributed by atoms with E-state index in [0.717, 1.165) is 24.5 Å². The van der Waals surface area contributed by atoms with E-state index < -0.39 is 11.6 Å². The molecule has 0 aliphatic carbocycles. The molecule has 0 bridgehead atoms. The fourth-order valence-electron chi connectivity index (χ4n) is 0.978. The van der Waals surface area contributed by atoms with Crippen molar-refractivity contribution in [3.63, 3.8) is 0 Å². The standard InChI is InChI=1S/C8H4F2N2O/c9-6-1-5(2-7(10)3-6)8-11-4-12-13-8/h1-4H. The molecule has 0 unspecified atom stereocenters. The van der Waals surface area contributed by atoms with Gasteiger partial charge in [-0.15, -0.1) is 0 Å². The van der Waals surface area contributed by atoms with Crippen LogP contribution in [0, 0.1) is 11.6 Å². The largest absolute Gasteiger partial charge is 0.334 e. The van der Waals surface area contributed by atoms with Gasteiger partial charge in [0.2, 0.25) is 0 Å². The summed E-state index contributed by atoms with van der Waals surface area (Å²) in [5.41, 5.74) is 0.231. The Morgan fingerprint density at radius 2 is 1.77 bits per heavy atom. The van der Waals surface area contributed by atoms with Crippen molar-refractivity contribution in [2.75, 3.05) is 0 Å². The summed E-state index contributed by atoms with van der Waals surface area (Å²) in [6.07, 6.45) is 1.16. The van der Waals surface area contributed by atoms with E-state index in [2.05, 4.69) is 14.7 Å². The molecule has 0 saturated carbocycles. The summed E-state index contributed by atoms with van der Waals surface area (Å²) in [6.45, 7) is 0. The Morgan fingerprint density at radius 3 is 2.31 bits per heavy atom. The van der Waals surface area contributed by atoms with E-state index in [4.69, 9.17) is 0 Å². The molecule has 1 aromatic heterocycles. The molecule has 13 heavy (non-hydrogen) atoms. The molecule has 0 aliphatic heterocycles. The van der Waals surface area contributed by atoms with Gasteiger partial charge >= 0.3 is 0 Å². The summed E-state index contributed by atoms with van der Waals surface area (Å²) < 4.78 is 30.0. The van der Waals surface area contributed by atoms with Crippen LogP contribution in [0.15, 0.2) is 29.0 Å². The molecule has 3 nitrogen and oxygen atoms in total. The van der Waals surface area contributed by atoms with E-state index in [9.17, 15) is 8.78 Å². The number of benzene rings is 1. The average molecular weight is 182 g/mol. The molecule has 0 spiro atoms. The van der Waals surface area contributed by atoms with Crippen LogP contribution in [0.4, 0.5) is 8.78 Å². The molecule has 0 saturated heterocycles. The molecule has 1 heterocycles. The van der Waals surface area contributed by atoms with Crippen molar-refractivity contribution in [2.24, 2.45) is 0 Å². The van der Waals surface area contributed by atoms with Crippen LogP contribution in [-0.2, 0) is 0 Å². The van der Waals surface area contributed by atoms with E-state index in [1.165, 1.54) is 0 Å². The van der Waals surface area contributed by atoms with Gasteiger partial charge in [0, 0.05) is 11.6 Å². The summed E-state index contributed by atoms with van der Waals surface area (Å²) >= 11 is 0. The fourth-order valence-corrected chi connectivity index (χ4v) is 0.978. The van der Waals surface area contributed by atoms with E-state index in [0.29, 0.717) is 0 Å². The second-order valence-electron chi connectivity index (χ2n) is 2.40. The average Bonchev–Trinajstić information content (AvgIpc) is 2.53. The zero-order valence-corrected chi connectivity index (χ0v) is 6.37. The minimum Gasteiger partial charge on any atom is -0.334 e. The fraction of sp³-hybridized carbons (Fsp3) is 0. The minimum atomic E-state index is -0.673. The van der Waals surface area contributed by atoms with Crippen molar-refractivity contribution >= 4 is 0 Å². The summed E-state index contributed by atoms with van der Waals surface area (Å²) in [5.74, 6) is -1.25. The van der Waals surface area contributed by atoms with Crippen LogP contribution < -0.4 is 0 Å². The lowest BCUT2D eigenvalue weighted by molar-refractivity contribution is 0.429. The van der Waals surface area contributed by atoms with Gasteiger partial charge in [0.15, 0.2) is 6.33 Å². The third kappa shape index (κ3) is 1.53. The zero-order chi connectivity index (χ0) is 9.26. The van der Waals surface area contributed by atoms with Gasteiger partial charge in [-0.3, -0.25) is 0 Å². The van der Waals surface area contributed by atoms with Gasteiger partial charge in [0.1, 0.15) is 11.6 Å². The van der Waals surface area contributed by atoms with Crippen molar-refractivity contribution in [3.8, 4) is 11.5 Å². The summed E-state index contributed by atoms with van der Waals surface area (Å²) in [6, 6.07) is 3.02. The molecule has 2 aromatic rings. The quantitative estimate of drug-likeness (QED) is 0.677. The van der Waals surface area contributed by atoms with Crippen LogP contribution in [0.3, 0.4) is 0 Å². The second kappa shape index (κ2) is 2.93. The van der Waals surface area contributed by atoms with Crippen molar-refractivity contribution in [3.05, 3.63) is 36.2 Å². The number of aromatic nitrogens is 2. The van der Waals surface area contributed by atoms with Crippen molar-refractivity contribution < 1.29 is 13.3 Å². The molecule has 0 N–H and O–H groups in total. The van der Waals surface area contributed by atoms with E-state index >= 15 is 0 Å². The van der Waals surface area contributed by atoms with Gasteiger partial charge in [-0.1, -0.05) is 5.16 Å². The molecule has 0 aliphatic rings. The maximum Gasteiger partial charge on any atom is 0.257 e. The molecule has 0 atom stereocenters. The first-order chi connectivity index (χ1) is 6.25. The molecule has 5 heteroatoms. The van der Waals surface area contributed by atoms with Crippen LogP contribution in [0.2, 0.25) is 0 Å². The van der Waals surface area contributed by atoms with E-state index in [1.807, 2.05) is 0 Å². The first-order valence-electron chi connectivity index (χ1n) is 3.49. The minimum absolute atomic E-state index is 0.0957. The van der Waals surface area contributed by atoms with Gasteiger partial charge in [0.25, 0.3) is 5.89 Å². The first-order valence-corrected chi connectivity index (χ1v) is 3.49. The highest BCUT2D eigenvalue weighted by Crippen LogP contribution is 2.18. The van der Waals surface area contributed by atoms with Gasteiger partial charge in [-0.2, -0.15) is 4.98 Å². The molecule has 0 radical (unpaired) electrons.